The van der Waals surface area contributed by atoms with Crippen LogP contribution in [0.1, 0.15) is 23.9 Å². The van der Waals surface area contributed by atoms with Gasteiger partial charge in [-0.25, -0.2) is 19.9 Å². The molecule has 4 aromatic heterocycles. The maximum Gasteiger partial charge on any atom is 0.160 e. The highest BCUT2D eigenvalue weighted by atomic mass is 15.0. The van der Waals surface area contributed by atoms with Crippen molar-refractivity contribution in [3.05, 3.63) is 248 Å². The zero-order valence-electron chi connectivity index (χ0n) is 37.0. The fourth-order valence-corrected chi connectivity index (χ4v) is 10.2. The highest BCUT2D eigenvalue weighted by Gasteiger charge is 2.29. The second-order valence-electron chi connectivity index (χ2n) is 17.4. The van der Waals surface area contributed by atoms with E-state index in [-0.39, 0.29) is 6.04 Å². The average molecular weight is 871 g/mol. The van der Waals surface area contributed by atoms with Gasteiger partial charge in [0.15, 0.2) is 11.6 Å². The first kappa shape index (κ1) is 39.4. The van der Waals surface area contributed by atoms with E-state index in [2.05, 4.69) is 197 Å². The third-order valence-electron chi connectivity index (χ3n) is 13.3. The molecular weight excluding hydrogens is 829 g/mol. The lowest BCUT2D eigenvalue weighted by molar-refractivity contribution is 0.664. The summed E-state index contributed by atoms with van der Waals surface area (Å²) in [6.07, 6.45) is 5.36. The molecule has 1 aliphatic carbocycles. The van der Waals surface area contributed by atoms with Crippen LogP contribution in [0.2, 0.25) is 0 Å². The molecule has 6 heteroatoms. The Balaban J connectivity index is 1.06. The van der Waals surface area contributed by atoms with Crippen LogP contribution in [0.5, 0.6) is 0 Å². The molecule has 4 heterocycles. The molecule has 0 spiro atoms. The Labute approximate surface area is 393 Å². The first-order valence-corrected chi connectivity index (χ1v) is 23.2. The number of allylic oxidation sites excluding steroid dienone is 4. The molecule has 0 saturated heterocycles. The molecule has 0 saturated carbocycles. The van der Waals surface area contributed by atoms with E-state index in [1.807, 2.05) is 48.5 Å². The summed E-state index contributed by atoms with van der Waals surface area (Å²) in [5, 5.41) is 4.88. The average Bonchev–Trinajstić information content (AvgIpc) is 3.94. The fourth-order valence-electron chi connectivity index (χ4n) is 10.2. The van der Waals surface area contributed by atoms with Gasteiger partial charge in [0.25, 0.3) is 0 Å². The Morgan fingerprint density at radius 2 is 0.779 bits per heavy atom. The van der Waals surface area contributed by atoms with Crippen molar-refractivity contribution in [3.8, 4) is 51.0 Å². The molecule has 1 atom stereocenters. The number of hydrogen-bond donors (Lipinski definition) is 0. The van der Waals surface area contributed by atoms with Gasteiger partial charge in [-0.2, -0.15) is 0 Å². The number of aromatic nitrogens is 6. The van der Waals surface area contributed by atoms with Gasteiger partial charge in [0.05, 0.1) is 45.4 Å². The fraction of sp³-hybridized carbons (Fsp3) is 0.0323. The minimum Gasteiger partial charge on any atom is -0.332 e. The van der Waals surface area contributed by atoms with Crippen molar-refractivity contribution < 1.29 is 0 Å². The van der Waals surface area contributed by atoms with Crippen molar-refractivity contribution in [1.29, 1.82) is 0 Å². The molecule has 1 unspecified atom stereocenters. The molecule has 13 rings (SSSR count). The minimum absolute atomic E-state index is 0.152. The van der Waals surface area contributed by atoms with Gasteiger partial charge in [-0.3, -0.25) is 0 Å². The summed E-state index contributed by atoms with van der Waals surface area (Å²) in [5.41, 5.74) is 15.3. The van der Waals surface area contributed by atoms with Gasteiger partial charge in [-0.05, 0) is 60.5 Å². The maximum atomic E-state index is 5.50. The van der Waals surface area contributed by atoms with Crippen LogP contribution in [0.4, 0.5) is 0 Å². The third kappa shape index (κ3) is 6.81. The largest absolute Gasteiger partial charge is 0.332 e. The lowest BCUT2D eigenvalue weighted by Gasteiger charge is -2.28. The lowest BCUT2D eigenvalue weighted by atomic mass is 9.89. The second-order valence-corrected chi connectivity index (χ2v) is 17.4. The topological polar surface area (TPSA) is 61.4 Å². The van der Waals surface area contributed by atoms with Crippen molar-refractivity contribution in [2.24, 2.45) is 0 Å². The standard InChI is InChI=1S/C62H42N6/c1-5-19-41(20-6-1)52-39-54(65-61(63-52)43-23-9-3-10-24-43)45-33-36-59(51(37-45)55-40-53(42-21-7-2-8-22-42)64-62(66-55)44-25-11-4-12-26-44)68-58-32-18-15-29-49(58)50-35-34-46(38-60(50)68)67-56-30-16-13-27-47(56)48-28-14-17-31-57(48)67/h1-35,37-40,59H,36H2. The molecule has 8 aromatic carbocycles. The normalized spacial score (nSPS) is 13.9. The smallest absolute Gasteiger partial charge is 0.160 e. The van der Waals surface area contributed by atoms with Crippen LogP contribution in [0, 0.1) is 0 Å². The molecule has 6 nitrogen and oxygen atoms in total. The highest BCUT2D eigenvalue weighted by Crippen LogP contribution is 2.45. The first-order chi connectivity index (χ1) is 33.7. The van der Waals surface area contributed by atoms with E-state index in [4.69, 9.17) is 19.9 Å². The van der Waals surface area contributed by atoms with Gasteiger partial charge in [0.2, 0.25) is 0 Å². The van der Waals surface area contributed by atoms with Crippen LogP contribution < -0.4 is 0 Å². The van der Waals surface area contributed by atoms with E-state index in [0.29, 0.717) is 18.1 Å². The number of benzene rings is 8. The quantitative estimate of drug-likeness (QED) is 0.153. The van der Waals surface area contributed by atoms with E-state index in [1.54, 1.807) is 0 Å². The van der Waals surface area contributed by atoms with E-state index < -0.39 is 0 Å². The molecule has 0 aliphatic heterocycles. The van der Waals surface area contributed by atoms with Crippen LogP contribution in [0.25, 0.3) is 106 Å². The molecule has 12 aromatic rings. The number of rotatable bonds is 8. The lowest BCUT2D eigenvalue weighted by Crippen LogP contribution is -2.15. The summed E-state index contributed by atoms with van der Waals surface area (Å²) in [7, 11) is 0. The Bertz CT molecular complexity index is 3760. The van der Waals surface area contributed by atoms with Crippen molar-refractivity contribution in [3.63, 3.8) is 0 Å². The first-order valence-electron chi connectivity index (χ1n) is 23.2. The predicted molar refractivity (Wildman–Crippen MR) is 279 cm³/mol. The summed E-state index contributed by atoms with van der Waals surface area (Å²) in [5.74, 6) is 1.35. The molecule has 320 valence electrons. The SMILES string of the molecule is C1=C(c2cc(-c3ccccc3)nc(-c3ccccc3)n2)C=C(c2cc(-c3ccccc3)nc(-c3ccccc3)n2)C(n2c3ccccc3c3ccc(-n4c5ccccc5c5ccccc54)cc32)C1. The van der Waals surface area contributed by atoms with Gasteiger partial charge in [0.1, 0.15) is 0 Å². The summed E-state index contributed by atoms with van der Waals surface area (Å²) in [6.45, 7) is 0. The molecule has 0 N–H and O–H groups in total. The second kappa shape index (κ2) is 16.5. The summed E-state index contributed by atoms with van der Waals surface area (Å²) >= 11 is 0. The molecule has 0 radical (unpaired) electrons. The van der Waals surface area contributed by atoms with Crippen molar-refractivity contribution in [1.82, 2.24) is 29.1 Å². The Morgan fingerprint density at radius 1 is 0.353 bits per heavy atom. The van der Waals surface area contributed by atoms with Gasteiger partial charge < -0.3 is 9.13 Å². The van der Waals surface area contributed by atoms with Gasteiger partial charge in [0, 0.05) is 60.6 Å². The molecule has 0 bridgehead atoms. The van der Waals surface area contributed by atoms with Gasteiger partial charge in [-0.15, -0.1) is 0 Å². The van der Waals surface area contributed by atoms with Gasteiger partial charge in [-0.1, -0.05) is 188 Å². The van der Waals surface area contributed by atoms with Crippen molar-refractivity contribution >= 4 is 54.8 Å². The zero-order chi connectivity index (χ0) is 45.0. The van der Waals surface area contributed by atoms with E-state index in [9.17, 15) is 0 Å². The summed E-state index contributed by atoms with van der Waals surface area (Å²) in [4.78, 5) is 21.2. The molecular formula is C62H42N6. The Morgan fingerprint density at radius 3 is 1.34 bits per heavy atom. The summed E-state index contributed by atoms with van der Waals surface area (Å²) in [6, 6.07) is 78.8. The molecule has 1 aliphatic rings. The van der Waals surface area contributed by atoms with Crippen molar-refractivity contribution in [2.45, 2.75) is 12.5 Å². The zero-order valence-corrected chi connectivity index (χ0v) is 37.0. The van der Waals surface area contributed by atoms with E-state index in [0.717, 1.165) is 72.9 Å². The van der Waals surface area contributed by atoms with Crippen LogP contribution in [0.15, 0.2) is 237 Å². The Kier molecular flexibility index (Phi) is 9.53. The van der Waals surface area contributed by atoms with Crippen LogP contribution in [0.3, 0.4) is 0 Å². The number of hydrogen-bond acceptors (Lipinski definition) is 4. The van der Waals surface area contributed by atoms with Gasteiger partial charge >= 0.3 is 0 Å². The number of fused-ring (bicyclic) bond motifs is 6. The van der Waals surface area contributed by atoms with Crippen LogP contribution in [-0.4, -0.2) is 29.1 Å². The monoisotopic (exact) mass is 870 g/mol. The van der Waals surface area contributed by atoms with Crippen LogP contribution in [-0.2, 0) is 0 Å². The maximum absolute atomic E-state index is 5.50. The number of nitrogens with zero attached hydrogens (tertiary/aromatic N) is 6. The molecule has 68 heavy (non-hydrogen) atoms. The third-order valence-corrected chi connectivity index (χ3v) is 13.3. The van der Waals surface area contributed by atoms with E-state index >= 15 is 0 Å². The Hall–Kier alpha value is -9.00. The predicted octanol–water partition coefficient (Wildman–Crippen LogP) is 15.3. The highest BCUT2D eigenvalue weighted by molar-refractivity contribution is 6.12. The molecule has 0 amide bonds. The number of para-hydroxylation sites is 3. The summed E-state index contributed by atoms with van der Waals surface area (Å²) < 4.78 is 4.96. The van der Waals surface area contributed by atoms with Crippen LogP contribution >= 0.6 is 0 Å². The van der Waals surface area contributed by atoms with E-state index in [1.165, 1.54) is 32.6 Å². The molecule has 0 fully saturated rings. The minimum atomic E-state index is -0.152. The van der Waals surface area contributed by atoms with Crippen molar-refractivity contribution in [2.75, 3.05) is 0 Å².